The molecule has 0 spiro atoms. The van der Waals surface area contributed by atoms with E-state index in [2.05, 4.69) is 14.8 Å². The molecule has 0 saturated heterocycles. The number of rotatable bonds is 5. The Morgan fingerprint density at radius 3 is 2.72 bits per heavy atom. The fraction of sp³-hybridized carbons (Fsp3) is 0.615. The fourth-order valence-corrected chi connectivity index (χ4v) is 1.93. The first-order chi connectivity index (χ1) is 8.59. The Balaban J connectivity index is 1.99. The molecule has 1 aliphatic carbocycles. The SMILES string of the molecule is CN(C)C(CN=C(N)N(C)C1CC1)c1ccco1. The van der Waals surface area contributed by atoms with Crippen molar-refractivity contribution in [2.45, 2.75) is 24.9 Å². The van der Waals surface area contributed by atoms with Gasteiger partial charge in [-0.25, -0.2) is 0 Å². The molecule has 1 aromatic rings. The Kier molecular flexibility index (Phi) is 3.91. The molecular weight excluding hydrogens is 228 g/mol. The third-order valence-electron chi connectivity index (χ3n) is 3.38. The van der Waals surface area contributed by atoms with Crippen molar-refractivity contribution in [1.29, 1.82) is 0 Å². The first kappa shape index (κ1) is 13.0. The molecule has 1 aliphatic rings. The summed E-state index contributed by atoms with van der Waals surface area (Å²) >= 11 is 0. The number of guanidine groups is 1. The second-order valence-corrected chi connectivity index (χ2v) is 5.04. The highest BCUT2D eigenvalue weighted by molar-refractivity contribution is 5.78. The lowest BCUT2D eigenvalue weighted by Gasteiger charge is -2.22. The maximum absolute atomic E-state index is 5.99. The van der Waals surface area contributed by atoms with E-state index < -0.39 is 0 Å². The Labute approximate surface area is 108 Å². The minimum atomic E-state index is 0.131. The summed E-state index contributed by atoms with van der Waals surface area (Å²) in [5.41, 5.74) is 5.99. The van der Waals surface area contributed by atoms with Crippen molar-refractivity contribution in [1.82, 2.24) is 9.80 Å². The number of hydrogen-bond acceptors (Lipinski definition) is 3. The first-order valence-corrected chi connectivity index (χ1v) is 6.32. The van der Waals surface area contributed by atoms with E-state index in [0.717, 1.165) is 5.76 Å². The summed E-state index contributed by atoms with van der Waals surface area (Å²) in [5, 5.41) is 0. The van der Waals surface area contributed by atoms with E-state index in [1.807, 2.05) is 33.3 Å². The monoisotopic (exact) mass is 250 g/mol. The van der Waals surface area contributed by atoms with E-state index in [0.29, 0.717) is 18.5 Å². The number of hydrogen-bond donors (Lipinski definition) is 1. The van der Waals surface area contributed by atoms with E-state index in [1.54, 1.807) is 6.26 Å². The van der Waals surface area contributed by atoms with E-state index in [4.69, 9.17) is 10.2 Å². The molecule has 2 N–H and O–H groups in total. The molecule has 1 unspecified atom stereocenters. The van der Waals surface area contributed by atoms with Crippen LogP contribution in [0.15, 0.2) is 27.8 Å². The average molecular weight is 250 g/mol. The van der Waals surface area contributed by atoms with Gasteiger partial charge in [-0.3, -0.25) is 9.89 Å². The highest BCUT2D eigenvalue weighted by Gasteiger charge is 2.27. The zero-order valence-electron chi connectivity index (χ0n) is 11.3. The molecule has 0 amide bonds. The summed E-state index contributed by atoms with van der Waals surface area (Å²) in [6.45, 7) is 0.614. The summed E-state index contributed by atoms with van der Waals surface area (Å²) in [6, 6.07) is 4.59. The van der Waals surface area contributed by atoms with Crippen molar-refractivity contribution in [3.8, 4) is 0 Å². The van der Waals surface area contributed by atoms with Gasteiger partial charge < -0.3 is 15.1 Å². The molecule has 5 nitrogen and oxygen atoms in total. The van der Waals surface area contributed by atoms with Gasteiger partial charge in [-0.15, -0.1) is 0 Å². The molecule has 5 heteroatoms. The molecule has 1 fully saturated rings. The van der Waals surface area contributed by atoms with Crippen molar-refractivity contribution >= 4 is 5.96 Å². The first-order valence-electron chi connectivity index (χ1n) is 6.32. The van der Waals surface area contributed by atoms with Gasteiger partial charge in [0, 0.05) is 13.1 Å². The lowest BCUT2D eigenvalue weighted by Crippen LogP contribution is -2.36. The smallest absolute Gasteiger partial charge is 0.191 e. The standard InChI is InChI=1S/C13H22N4O/c1-16(2)11(12-5-4-8-18-12)9-15-13(14)17(3)10-6-7-10/h4-5,8,10-11H,6-7,9H2,1-3H3,(H2,14,15). The third kappa shape index (κ3) is 3.04. The minimum absolute atomic E-state index is 0.131. The molecule has 1 heterocycles. The molecular formula is C13H22N4O. The molecule has 18 heavy (non-hydrogen) atoms. The Hall–Kier alpha value is -1.49. The summed E-state index contributed by atoms with van der Waals surface area (Å²) < 4.78 is 5.44. The van der Waals surface area contributed by atoms with Crippen LogP contribution >= 0.6 is 0 Å². The highest BCUT2D eigenvalue weighted by atomic mass is 16.3. The molecule has 0 bridgehead atoms. The van der Waals surface area contributed by atoms with Crippen LogP contribution in [0.2, 0.25) is 0 Å². The molecule has 1 aromatic heterocycles. The van der Waals surface area contributed by atoms with E-state index in [1.165, 1.54) is 12.8 Å². The summed E-state index contributed by atoms with van der Waals surface area (Å²) in [7, 11) is 6.04. The molecule has 1 atom stereocenters. The molecule has 0 aromatic carbocycles. The van der Waals surface area contributed by atoms with Crippen molar-refractivity contribution in [2.24, 2.45) is 10.7 Å². The van der Waals surface area contributed by atoms with Gasteiger partial charge >= 0.3 is 0 Å². The van der Waals surface area contributed by atoms with Crippen LogP contribution in [0.25, 0.3) is 0 Å². The number of aliphatic imine (C=N–C) groups is 1. The van der Waals surface area contributed by atoms with Crippen LogP contribution in [0.4, 0.5) is 0 Å². The third-order valence-corrected chi connectivity index (χ3v) is 3.38. The van der Waals surface area contributed by atoms with Crippen molar-refractivity contribution < 1.29 is 4.42 Å². The zero-order valence-corrected chi connectivity index (χ0v) is 11.3. The van der Waals surface area contributed by atoms with Gasteiger partial charge in [0.15, 0.2) is 5.96 Å². The van der Waals surface area contributed by atoms with Gasteiger partial charge in [0.1, 0.15) is 5.76 Å². The molecule has 0 aliphatic heterocycles. The van der Waals surface area contributed by atoms with Crippen LogP contribution in [0.5, 0.6) is 0 Å². The van der Waals surface area contributed by atoms with Crippen molar-refractivity contribution in [3.05, 3.63) is 24.2 Å². The number of furan rings is 1. The quantitative estimate of drug-likeness (QED) is 0.632. The Morgan fingerprint density at radius 2 is 2.22 bits per heavy atom. The van der Waals surface area contributed by atoms with Gasteiger partial charge in [-0.05, 0) is 39.1 Å². The van der Waals surface area contributed by atoms with Crippen LogP contribution in [-0.2, 0) is 0 Å². The Morgan fingerprint density at radius 1 is 1.50 bits per heavy atom. The van der Waals surface area contributed by atoms with Gasteiger partial charge in [-0.2, -0.15) is 0 Å². The predicted molar refractivity (Wildman–Crippen MR) is 72.4 cm³/mol. The van der Waals surface area contributed by atoms with E-state index >= 15 is 0 Å². The largest absolute Gasteiger partial charge is 0.468 e. The molecule has 100 valence electrons. The Bertz CT molecular complexity index is 395. The van der Waals surface area contributed by atoms with E-state index in [-0.39, 0.29) is 6.04 Å². The number of nitrogens with zero attached hydrogens (tertiary/aromatic N) is 3. The number of likely N-dealkylation sites (N-methyl/N-ethyl adjacent to an activating group) is 1. The minimum Gasteiger partial charge on any atom is -0.468 e. The van der Waals surface area contributed by atoms with Crippen LogP contribution < -0.4 is 5.73 Å². The predicted octanol–water partition coefficient (Wildman–Crippen LogP) is 1.29. The van der Waals surface area contributed by atoms with Crippen LogP contribution in [0.1, 0.15) is 24.6 Å². The molecule has 0 radical (unpaired) electrons. The number of nitrogens with two attached hydrogens (primary N) is 1. The molecule has 1 saturated carbocycles. The normalized spacial score (nSPS) is 18.1. The van der Waals surface area contributed by atoms with Crippen LogP contribution in [-0.4, -0.2) is 49.5 Å². The summed E-state index contributed by atoms with van der Waals surface area (Å²) in [4.78, 5) is 8.64. The lowest BCUT2D eigenvalue weighted by molar-refractivity contribution is 0.264. The lowest BCUT2D eigenvalue weighted by atomic mass is 10.2. The summed E-state index contributed by atoms with van der Waals surface area (Å²) in [5.74, 6) is 1.54. The zero-order chi connectivity index (χ0) is 13.1. The van der Waals surface area contributed by atoms with Gasteiger partial charge in [0.25, 0.3) is 0 Å². The second-order valence-electron chi connectivity index (χ2n) is 5.04. The maximum Gasteiger partial charge on any atom is 0.191 e. The summed E-state index contributed by atoms with van der Waals surface area (Å²) in [6.07, 6.45) is 4.14. The van der Waals surface area contributed by atoms with Gasteiger partial charge in [-0.1, -0.05) is 0 Å². The maximum atomic E-state index is 5.99. The van der Waals surface area contributed by atoms with Crippen molar-refractivity contribution in [3.63, 3.8) is 0 Å². The van der Waals surface area contributed by atoms with Crippen LogP contribution in [0, 0.1) is 0 Å². The highest BCUT2D eigenvalue weighted by Crippen LogP contribution is 2.25. The van der Waals surface area contributed by atoms with Gasteiger partial charge in [0.2, 0.25) is 0 Å². The van der Waals surface area contributed by atoms with Crippen molar-refractivity contribution in [2.75, 3.05) is 27.7 Å². The second kappa shape index (κ2) is 5.44. The topological polar surface area (TPSA) is 58.0 Å². The molecule has 2 rings (SSSR count). The fourth-order valence-electron chi connectivity index (χ4n) is 1.93. The van der Waals surface area contributed by atoms with Crippen LogP contribution in [0.3, 0.4) is 0 Å². The van der Waals surface area contributed by atoms with E-state index in [9.17, 15) is 0 Å². The average Bonchev–Trinajstić information content (AvgIpc) is 3.05. The van der Waals surface area contributed by atoms with Gasteiger partial charge in [0.05, 0.1) is 18.8 Å².